The van der Waals surface area contributed by atoms with Crippen molar-refractivity contribution >= 4 is 41.4 Å². The molecule has 11 heteroatoms. The van der Waals surface area contributed by atoms with Crippen molar-refractivity contribution in [2.75, 3.05) is 6.61 Å². The molecule has 0 N–H and O–H groups in total. The van der Waals surface area contributed by atoms with Gasteiger partial charge in [-0.3, -0.25) is 4.79 Å². The van der Waals surface area contributed by atoms with Gasteiger partial charge in [-0.15, -0.1) is 0 Å². The van der Waals surface area contributed by atoms with Gasteiger partial charge >= 0.3 is 23.9 Å². The van der Waals surface area contributed by atoms with Crippen LogP contribution < -0.4 is 0 Å². The summed E-state index contributed by atoms with van der Waals surface area (Å²) in [6.07, 6.45) is -5.52. The van der Waals surface area contributed by atoms with Crippen LogP contribution in [0.5, 0.6) is 0 Å². The zero-order valence-electron chi connectivity index (χ0n) is 26.5. The lowest BCUT2D eigenvalue weighted by Gasteiger charge is -2.44. The van der Waals surface area contributed by atoms with Crippen molar-refractivity contribution in [3.63, 3.8) is 0 Å². The number of benzene rings is 4. The van der Waals surface area contributed by atoms with E-state index in [0.29, 0.717) is 0 Å². The van der Waals surface area contributed by atoms with E-state index in [1.807, 2.05) is 30.3 Å². The van der Waals surface area contributed by atoms with E-state index in [1.165, 1.54) is 18.7 Å². The maximum atomic E-state index is 13.6. The molecule has 5 rings (SSSR count). The fourth-order valence-electron chi connectivity index (χ4n) is 4.97. The Kier molecular flexibility index (Phi) is 12.3. The van der Waals surface area contributed by atoms with Gasteiger partial charge in [-0.05, 0) is 55.5 Å². The van der Waals surface area contributed by atoms with E-state index in [4.69, 9.17) is 23.7 Å². The summed E-state index contributed by atoms with van der Waals surface area (Å²) in [6.45, 7) is 0.943. The molecule has 1 aliphatic rings. The minimum Gasteiger partial charge on any atom is -0.463 e. The van der Waals surface area contributed by atoms with E-state index in [2.05, 4.69) is 0 Å². The Balaban J connectivity index is 1.56. The Labute approximate surface area is 287 Å². The van der Waals surface area contributed by atoms with E-state index < -0.39 is 60.3 Å². The number of hydrogen-bond acceptors (Lipinski definition) is 11. The summed E-state index contributed by atoms with van der Waals surface area (Å²) in [6, 6.07) is 33.7. The smallest absolute Gasteiger partial charge is 0.338 e. The van der Waals surface area contributed by atoms with Crippen molar-refractivity contribution in [2.45, 2.75) is 54.5 Å². The normalized spacial score (nSPS) is 20.0. The molecule has 10 nitrogen and oxygen atoms in total. The van der Waals surface area contributed by atoms with Crippen LogP contribution in [0.2, 0.25) is 0 Å². The second-order valence-corrected chi connectivity index (χ2v) is 12.2. The fourth-order valence-corrected chi connectivity index (χ4v) is 6.09. The van der Waals surface area contributed by atoms with Gasteiger partial charge in [0.15, 0.2) is 18.3 Å². The average molecular weight is 683 g/mol. The molecule has 0 radical (unpaired) electrons. The molecule has 4 aromatic carbocycles. The monoisotopic (exact) mass is 682 g/mol. The first-order valence-corrected chi connectivity index (χ1v) is 16.5. The van der Waals surface area contributed by atoms with Crippen molar-refractivity contribution in [1.29, 1.82) is 0 Å². The van der Waals surface area contributed by atoms with E-state index >= 15 is 0 Å². The van der Waals surface area contributed by atoms with E-state index in [0.717, 1.165) is 4.90 Å². The van der Waals surface area contributed by atoms with Crippen LogP contribution in [-0.4, -0.2) is 66.1 Å². The average Bonchev–Trinajstić information content (AvgIpc) is 3.13. The molecule has 4 aromatic rings. The first-order chi connectivity index (χ1) is 23.8. The van der Waals surface area contributed by atoms with Crippen LogP contribution >= 0.6 is 11.8 Å². The first-order valence-electron chi connectivity index (χ1n) is 15.6. The summed E-state index contributed by atoms with van der Waals surface area (Å²) in [5.74, 6) is -3.12. The van der Waals surface area contributed by atoms with Crippen LogP contribution in [0.4, 0.5) is 0 Å². The molecule has 252 valence electrons. The summed E-state index contributed by atoms with van der Waals surface area (Å²) >= 11 is 1.19. The Morgan fingerprint density at radius 2 is 1.00 bits per heavy atom. The number of ether oxygens (including phenoxy) is 5. The van der Waals surface area contributed by atoms with Gasteiger partial charge in [0.1, 0.15) is 23.9 Å². The van der Waals surface area contributed by atoms with Gasteiger partial charge in [0.2, 0.25) is 0 Å². The molecule has 0 bridgehead atoms. The van der Waals surface area contributed by atoms with Crippen LogP contribution in [-0.2, 0) is 33.3 Å². The molecule has 0 unspecified atom stereocenters. The third kappa shape index (κ3) is 9.88. The number of esters is 4. The van der Waals surface area contributed by atoms with Crippen molar-refractivity contribution in [3.05, 3.63) is 138 Å². The Hall–Kier alpha value is -5.26. The molecule has 0 aromatic heterocycles. The van der Waals surface area contributed by atoms with Gasteiger partial charge in [-0.1, -0.05) is 84.6 Å². The maximum Gasteiger partial charge on any atom is 0.338 e. The van der Waals surface area contributed by atoms with Gasteiger partial charge in [0, 0.05) is 11.3 Å². The van der Waals surface area contributed by atoms with Crippen LogP contribution in [0.25, 0.3) is 0 Å². The fraction of sp³-hybridized carbons (Fsp3) is 0.237. The van der Waals surface area contributed by atoms with Crippen LogP contribution in [0.1, 0.15) is 50.8 Å². The lowest BCUT2D eigenvalue weighted by Crippen LogP contribution is -2.61. The molecule has 0 amide bonds. The molecule has 1 fully saturated rings. The number of ketones is 1. The van der Waals surface area contributed by atoms with Crippen LogP contribution in [0, 0.1) is 0 Å². The highest BCUT2D eigenvalue weighted by molar-refractivity contribution is 7.99. The van der Waals surface area contributed by atoms with Gasteiger partial charge in [0.25, 0.3) is 0 Å². The van der Waals surface area contributed by atoms with Gasteiger partial charge in [-0.2, -0.15) is 0 Å². The van der Waals surface area contributed by atoms with E-state index in [1.54, 1.807) is 91.0 Å². The van der Waals surface area contributed by atoms with E-state index in [-0.39, 0.29) is 35.3 Å². The summed E-state index contributed by atoms with van der Waals surface area (Å²) in [4.78, 5) is 65.6. The minimum absolute atomic E-state index is 0.0158. The Morgan fingerprint density at radius 1 is 0.571 bits per heavy atom. The zero-order valence-corrected chi connectivity index (χ0v) is 27.4. The van der Waals surface area contributed by atoms with Crippen molar-refractivity contribution in [1.82, 2.24) is 0 Å². The Morgan fingerprint density at radius 3 is 1.47 bits per heavy atom. The lowest BCUT2D eigenvalue weighted by molar-refractivity contribution is -0.211. The molecule has 49 heavy (non-hydrogen) atoms. The number of rotatable bonds is 13. The number of carbonyl (C=O) groups excluding carboxylic acids is 5. The molecule has 1 saturated heterocycles. The first kappa shape index (κ1) is 35.1. The molecule has 0 aliphatic carbocycles. The summed E-state index contributed by atoms with van der Waals surface area (Å²) in [5, 5.41) is 0. The predicted molar refractivity (Wildman–Crippen MR) is 179 cm³/mol. The largest absolute Gasteiger partial charge is 0.463 e. The van der Waals surface area contributed by atoms with Crippen molar-refractivity contribution < 1.29 is 47.7 Å². The highest BCUT2D eigenvalue weighted by atomic mass is 32.2. The Bertz CT molecular complexity index is 1720. The van der Waals surface area contributed by atoms with Crippen LogP contribution in [0.15, 0.2) is 126 Å². The van der Waals surface area contributed by atoms with Crippen LogP contribution in [0.3, 0.4) is 0 Å². The molecule has 1 heterocycles. The number of hydrogen-bond donors (Lipinski definition) is 0. The zero-order chi connectivity index (χ0) is 34.6. The molecular weight excluding hydrogens is 648 g/mol. The quantitative estimate of drug-likeness (QED) is 0.120. The van der Waals surface area contributed by atoms with Gasteiger partial charge < -0.3 is 28.5 Å². The maximum absolute atomic E-state index is 13.6. The molecule has 1 aliphatic heterocycles. The molecule has 0 saturated carbocycles. The third-order valence-electron chi connectivity index (χ3n) is 7.43. The van der Waals surface area contributed by atoms with Crippen molar-refractivity contribution in [2.24, 2.45) is 0 Å². The minimum atomic E-state index is -1.43. The van der Waals surface area contributed by atoms with Crippen molar-refractivity contribution in [3.8, 4) is 0 Å². The molecule has 5 atom stereocenters. The predicted octanol–water partition coefficient (Wildman–Crippen LogP) is 6.09. The second kappa shape index (κ2) is 17.2. The van der Waals surface area contributed by atoms with Gasteiger partial charge in [0.05, 0.1) is 23.1 Å². The highest BCUT2D eigenvalue weighted by Crippen LogP contribution is 2.38. The van der Waals surface area contributed by atoms with E-state index in [9.17, 15) is 24.0 Å². The standard InChI is InChI=1S/C38H34O10S/c1-25(39)22-23-31(40)44-24-30-32(46-35(41)26-14-6-2-7-15-26)33(47-36(42)27-16-8-3-9-17-27)34(48-37(43)28-18-10-4-11-19-28)38(45-30)49-29-20-12-5-13-21-29/h2-21,30,32-34,38H,22-24H2,1H3/t30-,32+,33+,34-,38+/m1/s1. The number of carbonyl (C=O) groups is 5. The second-order valence-electron chi connectivity index (χ2n) is 11.1. The number of Topliss-reactive ketones (excluding diaryl/α,β-unsaturated/α-hetero) is 1. The SMILES string of the molecule is CC(=O)CCC(=O)OC[C@H]1O[C@@H](Sc2ccccc2)[C@H](OC(=O)c2ccccc2)[C@@H](OC(=O)c2ccccc2)[C@H]1OC(=O)c1ccccc1. The summed E-state index contributed by atoms with van der Waals surface area (Å²) in [7, 11) is 0. The topological polar surface area (TPSA) is 132 Å². The summed E-state index contributed by atoms with van der Waals surface area (Å²) in [5.41, 5.74) is -0.393. The molecule has 0 spiro atoms. The third-order valence-corrected chi connectivity index (χ3v) is 8.59. The highest BCUT2D eigenvalue weighted by Gasteiger charge is 2.53. The summed E-state index contributed by atoms with van der Waals surface area (Å²) < 4.78 is 30.1. The lowest BCUT2D eigenvalue weighted by atomic mass is 9.98. The number of thioether (sulfide) groups is 1. The van der Waals surface area contributed by atoms with Gasteiger partial charge in [-0.25, -0.2) is 14.4 Å². The molecular formula is C38H34O10S.